The fourth-order valence-electron chi connectivity index (χ4n) is 3.02. The van der Waals surface area contributed by atoms with Gasteiger partial charge in [-0.3, -0.25) is 4.79 Å². The van der Waals surface area contributed by atoms with Gasteiger partial charge in [0.05, 0.1) is 0 Å². The van der Waals surface area contributed by atoms with Crippen molar-refractivity contribution in [3.8, 4) is 0 Å². The Hall–Kier alpha value is -1.68. The van der Waals surface area contributed by atoms with Crippen LogP contribution >= 0.6 is 15.9 Å². The number of rotatable bonds is 6. The van der Waals surface area contributed by atoms with Gasteiger partial charge >= 0.3 is 0 Å². The van der Waals surface area contributed by atoms with Crippen molar-refractivity contribution in [3.05, 3.63) is 69.9 Å². The molecule has 0 radical (unpaired) electrons. The highest BCUT2D eigenvalue weighted by atomic mass is 79.9. The Balaban J connectivity index is 1.45. The van der Waals surface area contributed by atoms with Crippen molar-refractivity contribution in [1.82, 2.24) is 5.32 Å². The summed E-state index contributed by atoms with van der Waals surface area (Å²) >= 11 is 3.43. The zero-order chi connectivity index (χ0) is 17.1. The highest BCUT2D eigenvalue weighted by molar-refractivity contribution is 9.10. The van der Waals surface area contributed by atoms with E-state index in [0.29, 0.717) is 0 Å². The Labute approximate surface area is 150 Å². The maximum atomic E-state index is 13.0. The van der Waals surface area contributed by atoms with E-state index in [9.17, 15) is 9.18 Å². The van der Waals surface area contributed by atoms with Gasteiger partial charge in [0.1, 0.15) is 5.82 Å². The number of aryl methyl sites for hydroxylation is 1. The van der Waals surface area contributed by atoms with Gasteiger partial charge in [0.15, 0.2) is 0 Å². The third-order valence-electron chi connectivity index (χ3n) is 4.59. The summed E-state index contributed by atoms with van der Waals surface area (Å²) in [6, 6.07) is 14.9. The Morgan fingerprint density at radius 2 is 1.88 bits per heavy atom. The standard InChI is InChI=1S/C20H21BrFNO/c1-13(2-3-14-4-8-16(21)9-5-14)23-20(24)19-12-18(19)15-6-10-17(22)11-7-15/h4-11,13,18-19H,2-3,12H2,1H3,(H,23,24). The van der Waals surface area contributed by atoms with Gasteiger partial charge in [-0.1, -0.05) is 40.2 Å². The van der Waals surface area contributed by atoms with E-state index in [4.69, 9.17) is 0 Å². The van der Waals surface area contributed by atoms with E-state index in [1.54, 1.807) is 12.1 Å². The zero-order valence-corrected chi connectivity index (χ0v) is 15.2. The second kappa shape index (κ2) is 7.47. The summed E-state index contributed by atoms with van der Waals surface area (Å²) in [6.07, 6.45) is 2.72. The number of hydrogen-bond acceptors (Lipinski definition) is 1. The molecule has 2 aromatic carbocycles. The molecule has 2 nitrogen and oxygen atoms in total. The Bertz CT molecular complexity index is 699. The highest BCUT2D eigenvalue weighted by Crippen LogP contribution is 2.47. The number of hydrogen-bond donors (Lipinski definition) is 1. The lowest BCUT2D eigenvalue weighted by Crippen LogP contribution is -2.34. The van der Waals surface area contributed by atoms with Crippen LogP contribution in [0.15, 0.2) is 53.0 Å². The summed E-state index contributed by atoms with van der Waals surface area (Å²) in [5, 5.41) is 3.11. The smallest absolute Gasteiger partial charge is 0.223 e. The monoisotopic (exact) mass is 389 g/mol. The number of benzene rings is 2. The maximum absolute atomic E-state index is 13.0. The van der Waals surface area contributed by atoms with Crippen LogP contribution in [0, 0.1) is 11.7 Å². The summed E-state index contributed by atoms with van der Waals surface area (Å²) in [6.45, 7) is 2.05. The number of halogens is 2. The van der Waals surface area contributed by atoms with Gasteiger partial charge in [-0.05, 0) is 67.5 Å². The fourth-order valence-corrected chi connectivity index (χ4v) is 3.28. The normalized spacial score (nSPS) is 20.5. The molecule has 0 spiro atoms. The van der Waals surface area contributed by atoms with Gasteiger partial charge < -0.3 is 5.32 Å². The Morgan fingerprint density at radius 3 is 2.54 bits per heavy atom. The molecule has 2 aromatic rings. The van der Waals surface area contributed by atoms with E-state index in [1.807, 2.05) is 19.1 Å². The van der Waals surface area contributed by atoms with E-state index >= 15 is 0 Å². The van der Waals surface area contributed by atoms with Gasteiger partial charge in [0.25, 0.3) is 0 Å². The Morgan fingerprint density at radius 1 is 1.21 bits per heavy atom. The lowest BCUT2D eigenvalue weighted by molar-refractivity contribution is -0.123. The lowest BCUT2D eigenvalue weighted by atomic mass is 10.1. The van der Waals surface area contributed by atoms with Gasteiger partial charge in [0, 0.05) is 16.4 Å². The number of amides is 1. The quantitative estimate of drug-likeness (QED) is 0.752. The van der Waals surface area contributed by atoms with Crippen molar-refractivity contribution in [1.29, 1.82) is 0 Å². The molecule has 0 aliphatic heterocycles. The number of nitrogens with one attached hydrogen (secondary N) is 1. The van der Waals surface area contributed by atoms with Gasteiger partial charge in [-0.15, -0.1) is 0 Å². The predicted octanol–water partition coefficient (Wildman–Crippen LogP) is 4.83. The molecule has 3 rings (SSSR count). The molecular formula is C20H21BrFNO. The average molecular weight is 390 g/mol. The molecule has 3 atom stereocenters. The van der Waals surface area contributed by atoms with E-state index in [0.717, 1.165) is 29.3 Å². The molecule has 1 saturated carbocycles. The topological polar surface area (TPSA) is 29.1 Å². The van der Waals surface area contributed by atoms with Crippen molar-refractivity contribution < 1.29 is 9.18 Å². The van der Waals surface area contributed by atoms with Crippen molar-refractivity contribution in [2.75, 3.05) is 0 Å². The molecule has 4 heteroatoms. The molecule has 0 aromatic heterocycles. The molecule has 1 amide bonds. The van der Waals surface area contributed by atoms with Gasteiger partial charge in [-0.25, -0.2) is 4.39 Å². The summed E-state index contributed by atoms with van der Waals surface area (Å²) in [4.78, 5) is 12.3. The molecule has 1 aliphatic carbocycles. The predicted molar refractivity (Wildman–Crippen MR) is 97.3 cm³/mol. The van der Waals surface area contributed by atoms with Gasteiger partial charge in [0.2, 0.25) is 5.91 Å². The van der Waals surface area contributed by atoms with Crippen LogP contribution in [0.4, 0.5) is 4.39 Å². The second-order valence-electron chi connectivity index (χ2n) is 6.58. The minimum atomic E-state index is -0.234. The number of carbonyl (C=O) groups excluding carboxylic acids is 1. The van der Waals surface area contributed by atoms with E-state index in [-0.39, 0.29) is 29.6 Å². The van der Waals surface area contributed by atoms with Crippen molar-refractivity contribution in [2.24, 2.45) is 5.92 Å². The summed E-state index contributed by atoms with van der Waals surface area (Å²) in [5.74, 6) is 0.157. The van der Waals surface area contributed by atoms with E-state index in [1.165, 1.54) is 17.7 Å². The van der Waals surface area contributed by atoms with Crippen LogP contribution in [0.2, 0.25) is 0 Å². The third-order valence-corrected chi connectivity index (χ3v) is 5.12. The van der Waals surface area contributed by atoms with Crippen LogP contribution in [0.25, 0.3) is 0 Å². The summed E-state index contributed by atoms with van der Waals surface area (Å²) in [7, 11) is 0. The van der Waals surface area contributed by atoms with E-state index < -0.39 is 0 Å². The number of carbonyl (C=O) groups is 1. The van der Waals surface area contributed by atoms with Gasteiger partial charge in [-0.2, -0.15) is 0 Å². The third kappa shape index (κ3) is 4.44. The SMILES string of the molecule is CC(CCc1ccc(Br)cc1)NC(=O)C1CC1c1ccc(F)cc1. The first kappa shape index (κ1) is 17.2. The molecule has 0 bridgehead atoms. The molecule has 0 saturated heterocycles. The average Bonchev–Trinajstić information content (AvgIpc) is 3.36. The first-order valence-electron chi connectivity index (χ1n) is 8.33. The summed E-state index contributed by atoms with van der Waals surface area (Å²) < 4.78 is 14.0. The molecular weight excluding hydrogens is 369 g/mol. The van der Waals surface area contributed by atoms with Crippen molar-refractivity contribution in [2.45, 2.75) is 38.1 Å². The summed E-state index contributed by atoms with van der Waals surface area (Å²) in [5.41, 5.74) is 2.33. The minimum Gasteiger partial charge on any atom is -0.353 e. The molecule has 126 valence electrons. The van der Waals surface area contributed by atoms with Crippen LogP contribution in [0.3, 0.4) is 0 Å². The van der Waals surface area contributed by atoms with Crippen molar-refractivity contribution in [3.63, 3.8) is 0 Å². The van der Waals surface area contributed by atoms with Crippen molar-refractivity contribution >= 4 is 21.8 Å². The minimum absolute atomic E-state index is 0.0330. The van der Waals surface area contributed by atoms with Crippen LogP contribution in [-0.2, 0) is 11.2 Å². The largest absolute Gasteiger partial charge is 0.353 e. The van der Waals surface area contributed by atoms with Crippen LogP contribution in [-0.4, -0.2) is 11.9 Å². The second-order valence-corrected chi connectivity index (χ2v) is 7.49. The molecule has 3 unspecified atom stereocenters. The molecule has 1 fully saturated rings. The van der Waals surface area contributed by atoms with Crippen LogP contribution in [0.5, 0.6) is 0 Å². The Kier molecular flexibility index (Phi) is 5.34. The van der Waals surface area contributed by atoms with Crippen LogP contribution < -0.4 is 5.32 Å². The molecule has 24 heavy (non-hydrogen) atoms. The molecule has 0 heterocycles. The van der Waals surface area contributed by atoms with E-state index in [2.05, 4.69) is 33.4 Å². The first-order valence-corrected chi connectivity index (χ1v) is 9.12. The lowest BCUT2D eigenvalue weighted by Gasteiger charge is -2.14. The highest BCUT2D eigenvalue weighted by Gasteiger charge is 2.44. The van der Waals surface area contributed by atoms with Crippen LogP contribution in [0.1, 0.15) is 36.8 Å². The molecule has 1 aliphatic rings. The fraction of sp³-hybridized carbons (Fsp3) is 0.350. The zero-order valence-electron chi connectivity index (χ0n) is 13.6. The maximum Gasteiger partial charge on any atom is 0.223 e. The first-order chi connectivity index (χ1) is 11.5. The molecule has 1 N–H and O–H groups in total.